The van der Waals surface area contributed by atoms with Gasteiger partial charge in [-0.1, -0.05) is 23.7 Å². The summed E-state index contributed by atoms with van der Waals surface area (Å²) in [5.74, 6) is 0. The summed E-state index contributed by atoms with van der Waals surface area (Å²) in [5.41, 5.74) is 1.54. The second-order valence-corrected chi connectivity index (χ2v) is 5.34. The molecule has 1 atom stereocenters. The molecule has 0 aliphatic rings. The van der Waals surface area contributed by atoms with Crippen molar-refractivity contribution in [1.29, 1.82) is 0 Å². The zero-order valence-electron chi connectivity index (χ0n) is 9.38. The zero-order valence-corrected chi connectivity index (χ0v) is 10.9. The van der Waals surface area contributed by atoms with Gasteiger partial charge in [0.15, 0.2) is 0 Å². The number of fused-ring (bicyclic) bond motifs is 1. The van der Waals surface area contributed by atoms with E-state index in [0.29, 0.717) is 5.02 Å². The Labute approximate surface area is 113 Å². The number of aliphatic hydroxyl groups excluding tert-OH is 1. The van der Waals surface area contributed by atoms with Gasteiger partial charge in [0.2, 0.25) is 0 Å². The lowest BCUT2D eigenvalue weighted by molar-refractivity contribution is 0.225. The summed E-state index contributed by atoms with van der Waals surface area (Å²) in [4.78, 5) is 5.24. The lowest BCUT2D eigenvalue weighted by atomic mass is 10.0. The molecule has 0 bridgehead atoms. The van der Waals surface area contributed by atoms with Crippen molar-refractivity contribution in [3.05, 3.63) is 63.4 Å². The number of aliphatic hydroxyl groups is 1. The Morgan fingerprint density at radius 3 is 2.83 bits per heavy atom. The summed E-state index contributed by atoms with van der Waals surface area (Å²) in [7, 11) is 0. The van der Waals surface area contributed by atoms with E-state index in [-0.39, 0.29) is 0 Å². The SMILES string of the molecule is OC(c1cccs1)c1ccc(Cl)c2cccnc12. The van der Waals surface area contributed by atoms with Crippen molar-refractivity contribution in [1.82, 2.24) is 4.98 Å². The van der Waals surface area contributed by atoms with Gasteiger partial charge >= 0.3 is 0 Å². The van der Waals surface area contributed by atoms with Crippen LogP contribution in [0, 0.1) is 0 Å². The van der Waals surface area contributed by atoms with Gasteiger partial charge in [-0.15, -0.1) is 11.3 Å². The van der Waals surface area contributed by atoms with Gasteiger partial charge in [-0.05, 0) is 29.6 Å². The zero-order chi connectivity index (χ0) is 12.5. The van der Waals surface area contributed by atoms with Gasteiger partial charge in [-0.2, -0.15) is 0 Å². The van der Waals surface area contributed by atoms with Gasteiger partial charge in [-0.3, -0.25) is 4.98 Å². The van der Waals surface area contributed by atoms with Crippen molar-refractivity contribution in [3.63, 3.8) is 0 Å². The monoisotopic (exact) mass is 275 g/mol. The van der Waals surface area contributed by atoms with E-state index in [1.165, 1.54) is 11.3 Å². The van der Waals surface area contributed by atoms with Crippen LogP contribution in [0.4, 0.5) is 0 Å². The number of halogens is 1. The molecule has 0 fully saturated rings. The molecular formula is C14H10ClNOS. The molecule has 1 aromatic carbocycles. The highest BCUT2D eigenvalue weighted by atomic mass is 35.5. The standard InChI is InChI=1S/C14H10ClNOS/c15-11-6-5-10(13-9(11)3-1-7-16-13)14(17)12-4-2-8-18-12/h1-8,14,17H. The smallest absolute Gasteiger partial charge is 0.115 e. The Balaban J connectivity index is 2.21. The fraction of sp³-hybridized carbons (Fsp3) is 0.0714. The van der Waals surface area contributed by atoms with Crippen LogP contribution in [0.1, 0.15) is 16.5 Å². The van der Waals surface area contributed by atoms with Crippen molar-refractivity contribution in [2.24, 2.45) is 0 Å². The van der Waals surface area contributed by atoms with E-state index in [1.807, 2.05) is 35.7 Å². The van der Waals surface area contributed by atoms with Crippen molar-refractivity contribution >= 4 is 33.8 Å². The second kappa shape index (κ2) is 4.69. The molecule has 2 nitrogen and oxygen atoms in total. The Hall–Kier alpha value is -1.42. The molecular weight excluding hydrogens is 266 g/mol. The topological polar surface area (TPSA) is 33.1 Å². The maximum absolute atomic E-state index is 10.4. The molecule has 2 aromatic heterocycles. The fourth-order valence-electron chi connectivity index (χ4n) is 1.98. The Morgan fingerprint density at radius 1 is 1.17 bits per heavy atom. The molecule has 18 heavy (non-hydrogen) atoms. The lowest BCUT2D eigenvalue weighted by Crippen LogP contribution is -1.99. The number of hydrogen-bond donors (Lipinski definition) is 1. The molecule has 0 saturated carbocycles. The first kappa shape index (κ1) is 11.7. The Bertz CT molecular complexity index is 681. The molecule has 0 amide bonds. The fourth-order valence-corrected chi connectivity index (χ4v) is 2.92. The van der Waals surface area contributed by atoms with Crippen LogP contribution in [-0.4, -0.2) is 10.1 Å². The number of pyridine rings is 1. The average molecular weight is 276 g/mol. The highest BCUT2D eigenvalue weighted by Crippen LogP contribution is 2.32. The van der Waals surface area contributed by atoms with Crippen molar-refractivity contribution in [3.8, 4) is 0 Å². The van der Waals surface area contributed by atoms with E-state index in [9.17, 15) is 5.11 Å². The number of benzene rings is 1. The molecule has 3 aromatic rings. The van der Waals surface area contributed by atoms with E-state index in [4.69, 9.17) is 11.6 Å². The number of rotatable bonds is 2. The summed E-state index contributed by atoms with van der Waals surface area (Å²) in [6, 6.07) is 11.2. The van der Waals surface area contributed by atoms with Crippen LogP contribution < -0.4 is 0 Å². The van der Waals surface area contributed by atoms with Crippen LogP contribution in [0.5, 0.6) is 0 Å². The van der Waals surface area contributed by atoms with Gasteiger partial charge < -0.3 is 5.11 Å². The molecule has 0 aliphatic carbocycles. The van der Waals surface area contributed by atoms with E-state index in [1.54, 1.807) is 12.3 Å². The van der Waals surface area contributed by atoms with Gasteiger partial charge in [0.05, 0.1) is 5.52 Å². The maximum Gasteiger partial charge on any atom is 0.115 e. The van der Waals surface area contributed by atoms with Gasteiger partial charge in [0, 0.05) is 27.0 Å². The summed E-state index contributed by atoms with van der Waals surface area (Å²) in [5, 5.41) is 13.9. The van der Waals surface area contributed by atoms with Crippen LogP contribution in [0.15, 0.2) is 48.0 Å². The van der Waals surface area contributed by atoms with Crippen LogP contribution in [0.25, 0.3) is 10.9 Å². The summed E-state index contributed by atoms with van der Waals surface area (Å²) in [6.45, 7) is 0. The van der Waals surface area contributed by atoms with Crippen molar-refractivity contribution < 1.29 is 5.11 Å². The van der Waals surface area contributed by atoms with Gasteiger partial charge in [0.25, 0.3) is 0 Å². The summed E-state index contributed by atoms with van der Waals surface area (Å²) in [6.07, 6.45) is 1.06. The minimum Gasteiger partial charge on any atom is -0.383 e. The molecule has 0 aliphatic heterocycles. The number of aromatic nitrogens is 1. The molecule has 90 valence electrons. The first-order valence-corrected chi connectivity index (χ1v) is 6.78. The van der Waals surface area contributed by atoms with E-state index < -0.39 is 6.10 Å². The third-order valence-corrected chi connectivity index (χ3v) is 4.11. The van der Waals surface area contributed by atoms with Crippen molar-refractivity contribution in [2.75, 3.05) is 0 Å². The number of nitrogens with zero attached hydrogens (tertiary/aromatic N) is 1. The Morgan fingerprint density at radius 2 is 2.06 bits per heavy atom. The highest BCUT2D eigenvalue weighted by molar-refractivity contribution is 7.10. The molecule has 0 spiro atoms. The highest BCUT2D eigenvalue weighted by Gasteiger charge is 2.16. The summed E-state index contributed by atoms with van der Waals surface area (Å²) < 4.78 is 0. The average Bonchev–Trinajstić information content (AvgIpc) is 2.93. The van der Waals surface area contributed by atoms with Crippen LogP contribution >= 0.6 is 22.9 Å². The number of thiophene rings is 1. The first-order valence-electron chi connectivity index (χ1n) is 5.52. The van der Waals surface area contributed by atoms with Crippen LogP contribution in [0.3, 0.4) is 0 Å². The third kappa shape index (κ3) is 1.90. The van der Waals surface area contributed by atoms with Crippen LogP contribution in [-0.2, 0) is 0 Å². The van der Waals surface area contributed by atoms with E-state index in [2.05, 4.69) is 4.98 Å². The quantitative estimate of drug-likeness (QED) is 0.766. The normalized spacial score (nSPS) is 12.8. The second-order valence-electron chi connectivity index (χ2n) is 3.95. The molecule has 1 N–H and O–H groups in total. The third-order valence-electron chi connectivity index (χ3n) is 2.85. The van der Waals surface area contributed by atoms with Crippen LogP contribution in [0.2, 0.25) is 5.02 Å². The molecule has 4 heteroatoms. The molecule has 0 saturated heterocycles. The van der Waals surface area contributed by atoms with E-state index in [0.717, 1.165) is 21.3 Å². The van der Waals surface area contributed by atoms with Crippen molar-refractivity contribution in [2.45, 2.75) is 6.10 Å². The molecule has 0 radical (unpaired) electrons. The van der Waals surface area contributed by atoms with E-state index >= 15 is 0 Å². The maximum atomic E-state index is 10.4. The Kier molecular flexibility index (Phi) is 3.04. The predicted molar refractivity (Wildman–Crippen MR) is 75.1 cm³/mol. The molecule has 2 heterocycles. The van der Waals surface area contributed by atoms with Gasteiger partial charge in [0.1, 0.15) is 6.10 Å². The minimum atomic E-state index is -0.653. The molecule has 3 rings (SSSR count). The summed E-state index contributed by atoms with van der Waals surface area (Å²) >= 11 is 7.67. The molecule has 1 unspecified atom stereocenters. The van der Waals surface area contributed by atoms with Gasteiger partial charge in [-0.25, -0.2) is 0 Å². The first-order chi connectivity index (χ1) is 8.77. The minimum absolute atomic E-state index is 0.653. The lowest BCUT2D eigenvalue weighted by Gasteiger charge is -2.12. The number of hydrogen-bond acceptors (Lipinski definition) is 3. The largest absolute Gasteiger partial charge is 0.383 e. The predicted octanol–water partition coefficient (Wildman–Crippen LogP) is 4.03.